The predicted molar refractivity (Wildman–Crippen MR) is 453 cm³/mol. The number of allylic oxidation sites excluding steroid dienone is 1. The number of imide groups is 1. The Morgan fingerprint density at radius 3 is 1.48 bits per heavy atom. The number of nitriles is 2. The summed E-state index contributed by atoms with van der Waals surface area (Å²) in [5.41, 5.74) is 1.43. The Morgan fingerprint density at radius 1 is 0.630 bits per heavy atom. The van der Waals surface area contributed by atoms with Gasteiger partial charge in [0.05, 0.1) is 57.3 Å². The predicted octanol–water partition coefficient (Wildman–Crippen LogP) is 8.56. The number of epoxide rings is 1. The van der Waals surface area contributed by atoms with E-state index in [1.807, 2.05) is 26.0 Å². The number of nitrogens with one attached hydrogen (secondary N) is 2. The van der Waals surface area contributed by atoms with Gasteiger partial charge in [0, 0.05) is 138 Å². The van der Waals surface area contributed by atoms with Crippen LogP contribution < -0.4 is 15.5 Å². The van der Waals surface area contributed by atoms with E-state index in [1.54, 1.807) is 106 Å². The van der Waals surface area contributed by atoms with E-state index in [-0.39, 0.29) is 111 Å². The number of benzene rings is 1. The molecule has 0 saturated carbocycles. The molecule has 4 fully saturated rings. The van der Waals surface area contributed by atoms with Crippen LogP contribution in [0.25, 0.3) is 0 Å². The van der Waals surface area contributed by atoms with Crippen LogP contribution in [-0.2, 0) is 105 Å². The van der Waals surface area contributed by atoms with Gasteiger partial charge in [-0.05, 0) is 130 Å². The first-order chi connectivity index (χ1) is 56.1. The highest BCUT2D eigenvalue weighted by Gasteiger charge is 2.26. The molecule has 0 aliphatic carbocycles. The van der Waals surface area contributed by atoms with Crippen LogP contribution in [0.1, 0.15) is 120 Å². The maximum absolute atomic E-state index is 11.2. The summed E-state index contributed by atoms with van der Waals surface area (Å²) in [6.07, 6.45) is 21.9. The summed E-state index contributed by atoms with van der Waals surface area (Å²) in [7, 11) is 4.82. The minimum Gasteiger partial charge on any atom is -0.463 e. The molecule has 0 radical (unpaired) electrons. The number of likely N-dealkylation sites (tertiary alicyclic amines) is 2. The number of carbonyl (C=O) groups is 14. The zero-order valence-electron chi connectivity index (χ0n) is 71.4. The third-order valence-electron chi connectivity index (χ3n) is 13.2. The van der Waals surface area contributed by atoms with Crippen molar-refractivity contribution >= 4 is 88.6 Å². The molecule has 0 spiro atoms. The fraction of sp³-hybridized carbons (Fsp3) is 0.442. The number of para-hydroxylation sites is 1. The molecule has 1 aromatic rings. The summed E-state index contributed by atoms with van der Waals surface area (Å²) < 4.78 is 37.0. The number of rotatable bonds is 28. The number of anilines is 1. The summed E-state index contributed by atoms with van der Waals surface area (Å²) >= 11 is 0. The summed E-state index contributed by atoms with van der Waals surface area (Å²) in [6.45, 7) is 59.9. The van der Waals surface area contributed by atoms with Crippen LogP contribution >= 0.6 is 0 Å². The molecule has 5 aliphatic heterocycles. The fourth-order valence-electron chi connectivity index (χ4n) is 7.42. The number of morpholine rings is 1. The monoisotopic (exact) mass is 1670 g/mol. The molecule has 5 aliphatic rings. The molecule has 1 unspecified atom stereocenters. The van der Waals surface area contributed by atoms with Crippen LogP contribution in [0.15, 0.2) is 193 Å². The standard InChI is InChI=1S/C10H7NO2.C9H15NO2.C8H13NO.C7H11NO2.C7H13NO.C7H12O3.C6H7NO2.C6H9NO.C6H8O3.2C6H10O3.C5H9NO.C3H3N/c12-9-6-7-10(13)11(9)8-4-2-1-3-5-8;1-5-8(12)10-9(3,4)6-7(2)11;1-2-9-7-5-3-4-6-8(9)10;1-2-7(9)8-3-5-10-6-4-8;1-5(2)7(9)8-6(3)4;1-2-7(9)10-6-4-3-5-8;1-2-6(8)9-5-3-4-7;1-2-7-5-3-4-6(7)8;1-2-6(7)9-4-5-3-8-5;1-5(2)6(7)9-4-8-3;1-5(2)6(8)9-4-3-7;1-4-5(7)6(2)3;1-2-3-4/h1-7H;5H,1,6H2,2-4H3,(H,10,12);2H,1,3-7H2;2H,1,3-6H2;6H,1H2,2-4H3,(H,8,9);2,8H,1,3-6H2;2H,1,3,5H2;2H,1,3-5H2;2,5H,1,3-4H2;1,4H2,2-3H3;7H,1,3-4H2,2H3;4H,1H2,2-3H3;2H,1H2. The second kappa shape index (κ2) is 79.4. The van der Waals surface area contributed by atoms with Crippen molar-refractivity contribution in [3.8, 4) is 12.1 Å². The fourth-order valence-corrected chi connectivity index (χ4v) is 7.42. The average molecular weight is 1670 g/mol. The van der Waals surface area contributed by atoms with Gasteiger partial charge in [-0.1, -0.05) is 104 Å². The number of aliphatic hydroxyl groups excluding tert-OH is 2. The molecule has 0 bridgehead atoms. The Bertz CT molecular complexity index is 3450. The number of likely N-dealkylation sites (N-methyl/N-ethyl adjacent to an activating group) is 1. The van der Waals surface area contributed by atoms with Crippen molar-refractivity contribution in [3.05, 3.63) is 193 Å². The van der Waals surface area contributed by atoms with Crippen LogP contribution in [0, 0.1) is 22.7 Å². The average Bonchev–Trinajstić information content (AvgIpc) is 1.70. The van der Waals surface area contributed by atoms with E-state index in [1.165, 1.54) is 61.8 Å². The van der Waals surface area contributed by atoms with Crippen molar-refractivity contribution in [1.82, 2.24) is 30.2 Å². The van der Waals surface area contributed by atoms with Gasteiger partial charge in [0.25, 0.3) is 11.8 Å². The lowest BCUT2D eigenvalue weighted by Gasteiger charge is -2.25. The van der Waals surface area contributed by atoms with Crippen molar-refractivity contribution in [1.29, 1.82) is 10.5 Å². The molecule has 0 aromatic heterocycles. The smallest absolute Gasteiger partial charge is 0.335 e. The van der Waals surface area contributed by atoms with E-state index in [0.29, 0.717) is 101 Å². The van der Waals surface area contributed by atoms with E-state index in [0.717, 1.165) is 55.5 Å². The molecule has 5 heterocycles. The van der Waals surface area contributed by atoms with E-state index >= 15 is 0 Å². The lowest BCUT2D eigenvalue weighted by Crippen LogP contribution is -2.43. The Hall–Kier alpha value is -12.4. The molecular weight excluding hydrogens is 1540 g/mol. The first-order valence-corrected chi connectivity index (χ1v) is 37.0. The Morgan fingerprint density at radius 2 is 1.12 bits per heavy atom. The number of hydrogen-bond acceptors (Lipinski definition) is 26. The van der Waals surface area contributed by atoms with Gasteiger partial charge in [0.15, 0.2) is 6.79 Å². The molecular formula is C86H127N9O24. The van der Waals surface area contributed by atoms with E-state index in [4.69, 9.17) is 30.2 Å². The number of carbonyl (C=O) groups excluding carboxylic acids is 14. The van der Waals surface area contributed by atoms with Crippen LogP contribution in [0.2, 0.25) is 0 Å². The molecule has 33 heteroatoms. The minimum atomic E-state index is -0.481. The number of ketones is 1. The van der Waals surface area contributed by atoms with E-state index < -0.39 is 29.4 Å². The molecule has 1 atom stereocenters. The lowest BCUT2D eigenvalue weighted by molar-refractivity contribution is -0.149. The van der Waals surface area contributed by atoms with Gasteiger partial charge in [-0.3, -0.25) is 43.2 Å². The molecule has 1 aromatic carbocycles. The number of Topliss-reactive ketones (excluding diaryl/α,β-unsaturated/α-hetero) is 1. The number of methoxy groups -OCH3 is 1. The molecule has 4 N–H and O–H groups in total. The zero-order valence-corrected chi connectivity index (χ0v) is 71.4. The molecule has 4 saturated heterocycles. The number of nitrogens with zero attached hydrogens (tertiary/aromatic N) is 7. The zero-order chi connectivity index (χ0) is 92.7. The molecule has 660 valence electrons. The highest BCUT2D eigenvalue weighted by molar-refractivity contribution is 6.28. The molecule has 8 amide bonds. The largest absolute Gasteiger partial charge is 0.463 e. The number of aliphatic hydroxyl groups is 2. The summed E-state index contributed by atoms with van der Waals surface area (Å²) in [5.74, 6) is -2.58. The van der Waals surface area contributed by atoms with Crippen molar-refractivity contribution in [2.75, 3.05) is 119 Å². The maximum Gasteiger partial charge on any atom is 0.335 e. The van der Waals surface area contributed by atoms with Crippen LogP contribution in [0.5, 0.6) is 0 Å². The summed E-state index contributed by atoms with van der Waals surface area (Å²) in [6, 6.07) is 12.6. The van der Waals surface area contributed by atoms with Gasteiger partial charge in [-0.2, -0.15) is 10.5 Å². The first kappa shape index (κ1) is 120. The minimum absolute atomic E-state index is 0.00306. The van der Waals surface area contributed by atoms with Crippen molar-refractivity contribution in [2.45, 2.75) is 137 Å². The van der Waals surface area contributed by atoms with Gasteiger partial charge < -0.3 is 78.3 Å². The Labute approximate surface area is 702 Å². The Balaban J connectivity index is -0.000000230. The topological polar surface area (TPSA) is 444 Å². The lowest BCUT2D eigenvalue weighted by atomic mass is 9.98. The highest BCUT2D eigenvalue weighted by Crippen LogP contribution is 2.18. The number of esters is 5. The van der Waals surface area contributed by atoms with E-state index in [2.05, 4.69) is 118 Å². The molecule has 33 nitrogen and oxygen atoms in total. The quantitative estimate of drug-likeness (QED) is 0.00891. The van der Waals surface area contributed by atoms with Gasteiger partial charge in [0.2, 0.25) is 35.4 Å². The SMILES string of the molecule is C=C(C)C(=O)NC(C)C.C=C(C)C(=O)OCCO.C=C(C)C(=O)OCOC.C=CC#N.C=CC(=O)N(C)C.C=CC(=O)N1CCOCC1.C=CC(=O)NC(C)(C)CC(C)=O.C=CC(=O)OCC1CO1.C=CC(=O)OCCC#N.C=CC(=O)OCCCCO.C=CN1CCCC1=O.C=CN1CCCCCC1=O.O=C1C=CC(=O)N1c1ccccc1. The summed E-state index contributed by atoms with van der Waals surface area (Å²) in [4.78, 5) is 157. The first-order valence-electron chi connectivity index (χ1n) is 37.0. The van der Waals surface area contributed by atoms with E-state index in [9.17, 15) is 67.1 Å². The van der Waals surface area contributed by atoms with Crippen LogP contribution in [-0.4, -0.2) is 244 Å². The third-order valence-corrected chi connectivity index (χ3v) is 13.2. The number of amides is 8. The third kappa shape index (κ3) is 77.9. The molecule has 6 rings (SSSR count). The van der Waals surface area contributed by atoms with Crippen molar-refractivity contribution in [2.24, 2.45) is 0 Å². The molecule has 119 heavy (non-hydrogen) atoms. The maximum atomic E-state index is 11.2. The Kier molecular flexibility index (Phi) is 80.0. The van der Waals surface area contributed by atoms with Gasteiger partial charge in [-0.25, -0.2) is 28.9 Å². The number of ether oxygens (including phenoxy) is 8. The normalized spacial score (nSPS) is 13.0. The van der Waals surface area contributed by atoms with Crippen LogP contribution in [0.3, 0.4) is 0 Å². The van der Waals surface area contributed by atoms with Crippen molar-refractivity contribution in [3.63, 3.8) is 0 Å². The number of hydrogen-bond donors (Lipinski definition) is 4. The second-order valence-corrected chi connectivity index (χ2v) is 25.0. The van der Waals surface area contributed by atoms with Crippen molar-refractivity contribution < 1.29 is 115 Å². The van der Waals surface area contributed by atoms with Crippen LogP contribution in [0.4, 0.5) is 5.69 Å². The summed E-state index contributed by atoms with van der Waals surface area (Å²) in [5, 5.41) is 37.4. The second-order valence-electron chi connectivity index (χ2n) is 25.0. The highest BCUT2D eigenvalue weighted by atomic mass is 16.7. The van der Waals surface area contributed by atoms with Gasteiger partial charge in [0.1, 0.15) is 31.7 Å². The van der Waals surface area contributed by atoms with Gasteiger partial charge in [-0.15, -0.1) is 0 Å². The van der Waals surface area contributed by atoms with Gasteiger partial charge >= 0.3 is 29.8 Å². The number of unbranched alkanes of at least 4 members (excludes halogenated alkanes) is 1.